The van der Waals surface area contributed by atoms with Gasteiger partial charge in [-0.2, -0.15) is 0 Å². The maximum absolute atomic E-state index is 12.2. The number of carbonyl (C=O) groups is 2. The van der Waals surface area contributed by atoms with Gasteiger partial charge in [0.25, 0.3) is 0 Å². The Morgan fingerprint density at radius 1 is 1.48 bits per heavy atom. The first-order valence-corrected chi connectivity index (χ1v) is 7.36. The van der Waals surface area contributed by atoms with Gasteiger partial charge in [0.2, 0.25) is 0 Å². The molecule has 0 aliphatic carbocycles. The van der Waals surface area contributed by atoms with Gasteiger partial charge < -0.3 is 20.1 Å². The molecular formula is C17H20N2O4. The fourth-order valence-electron chi connectivity index (χ4n) is 2.50. The van der Waals surface area contributed by atoms with E-state index in [1.165, 1.54) is 4.90 Å². The van der Waals surface area contributed by atoms with Crippen molar-refractivity contribution in [2.45, 2.75) is 19.9 Å². The third-order valence-electron chi connectivity index (χ3n) is 3.99. The van der Waals surface area contributed by atoms with Gasteiger partial charge in [-0.05, 0) is 19.4 Å². The number of para-hydroxylation sites is 1. The third-order valence-corrected chi connectivity index (χ3v) is 3.99. The second kappa shape index (κ2) is 7.05. The first kappa shape index (κ1) is 16.7. The van der Waals surface area contributed by atoms with E-state index >= 15 is 0 Å². The molecule has 0 radical (unpaired) electrons. The SMILES string of the molecule is C#CCOc1ccccc1CNC(=O)N1CCC(C)(C(=O)O)C1. The molecule has 1 aromatic carbocycles. The highest BCUT2D eigenvalue weighted by Crippen LogP contribution is 2.30. The number of rotatable bonds is 5. The van der Waals surface area contributed by atoms with Crippen molar-refractivity contribution in [3.8, 4) is 18.1 Å². The maximum atomic E-state index is 12.2. The smallest absolute Gasteiger partial charge is 0.317 e. The zero-order valence-corrected chi connectivity index (χ0v) is 13.0. The maximum Gasteiger partial charge on any atom is 0.317 e. The molecule has 2 rings (SSSR count). The Morgan fingerprint density at radius 3 is 2.87 bits per heavy atom. The highest BCUT2D eigenvalue weighted by atomic mass is 16.5. The Morgan fingerprint density at radius 2 is 2.22 bits per heavy atom. The van der Waals surface area contributed by atoms with Gasteiger partial charge in [0, 0.05) is 25.2 Å². The molecule has 1 atom stereocenters. The van der Waals surface area contributed by atoms with Crippen molar-refractivity contribution in [3.63, 3.8) is 0 Å². The van der Waals surface area contributed by atoms with E-state index in [0.717, 1.165) is 5.56 Å². The molecule has 1 aromatic rings. The number of nitrogens with zero attached hydrogens (tertiary/aromatic N) is 1. The first-order valence-electron chi connectivity index (χ1n) is 7.36. The predicted molar refractivity (Wildman–Crippen MR) is 84.9 cm³/mol. The highest BCUT2D eigenvalue weighted by molar-refractivity contribution is 5.79. The summed E-state index contributed by atoms with van der Waals surface area (Å²) in [6.07, 6.45) is 5.64. The summed E-state index contributed by atoms with van der Waals surface area (Å²) in [5.74, 6) is 2.15. The van der Waals surface area contributed by atoms with Crippen LogP contribution in [0, 0.1) is 17.8 Å². The normalized spacial score (nSPS) is 19.9. The number of carbonyl (C=O) groups excluding carboxylic acids is 1. The van der Waals surface area contributed by atoms with Gasteiger partial charge in [0.05, 0.1) is 5.41 Å². The summed E-state index contributed by atoms with van der Waals surface area (Å²) in [4.78, 5) is 25.0. The Balaban J connectivity index is 1.93. The number of benzene rings is 1. The minimum atomic E-state index is -0.874. The molecule has 1 aliphatic rings. The lowest BCUT2D eigenvalue weighted by atomic mass is 9.90. The largest absolute Gasteiger partial charge is 0.481 e. The molecule has 6 heteroatoms. The minimum Gasteiger partial charge on any atom is -0.481 e. The Bertz CT molecular complexity index is 638. The van der Waals surface area contributed by atoms with E-state index in [0.29, 0.717) is 25.3 Å². The molecule has 122 valence electrons. The van der Waals surface area contributed by atoms with Crippen molar-refractivity contribution in [2.24, 2.45) is 5.41 Å². The van der Waals surface area contributed by atoms with E-state index < -0.39 is 11.4 Å². The second-order valence-corrected chi connectivity index (χ2v) is 5.80. The minimum absolute atomic E-state index is 0.161. The van der Waals surface area contributed by atoms with Crippen molar-refractivity contribution in [1.82, 2.24) is 10.2 Å². The van der Waals surface area contributed by atoms with Gasteiger partial charge in [-0.15, -0.1) is 6.42 Å². The van der Waals surface area contributed by atoms with Crippen molar-refractivity contribution in [1.29, 1.82) is 0 Å². The van der Waals surface area contributed by atoms with Crippen molar-refractivity contribution >= 4 is 12.0 Å². The number of carboxylic acids is 1. The molecule has 6 nitrogen and oxygen atoms in total. The molecule has 2 N–H and O–H groups in total. The average Bonchev–Trinajstić information content (AvgIpc) is 2.95. The van der Waals surface area contributed by atoms with Crippen molar-refractivity contribution in [2.75, 3.05) is 19.7 Å². The quantitative estimate of drug-likeness (QED) is 0.811. The zero-order chi connectivity index (χ0) is 16.9. The monoisotopic (exact) mass is 316 g/mol. The van der Waals surface area contributed by atoms with E-state index in [4.69, 9.17) is 11.2 Å². The van der Waals surface area contributed by atoms with Crippen LogP contribution in [0.15, 0.2) is 24.3 Å². The molecule has 1 fully saturated rings. The number of urea groups is 1. The van der Waals surface area contributed by atoms with Gasteiger partial charge in [0.1, 0.15) is 12.4 Å². The Hall–Kier alpha value is -2.68. The molecule has 23 heavy (non-hydrogen) atoms. The molecule has 0 saturated carbocycles. The third kappa shape index (κ3) is 3.95. The molecular weight excluding hydrogens is 296 g/mol. The number of hydrogen-bond donors (Lipinski definition) is 2. The summed E-state index contributed by atoms with van der Waals surface area (Å²) in [6.45, 7) is 2.76. The van der Waals surface area contributed by atoms with Crippen LogP contribution in [0.4, 0.5) is 4.79 Å². The summed E-state index contributed by atoms with van der Waals surface area (Å²) in [5.41, 5.74) is -0.0539. The van der Waals surface area contributed by atoms with Crippen molar-refractivity contribution in [3.05, 3.63) is 29.8 Å². The molecule has 1 heterocycles. The van der Waals surface area contributed by atoms with Crippen LogP contribution >= 0.6 is 0 Å². The van der Waals surface area contributed by atoms with Crippen LogP contribution in [0.1, 0.15) is 18.9 Å². The van der Waals surface area contributed by atoms with Gasteiger partial charge in [0.15, 0.2) is 0 Å². The summed E-state index contributed by atoms with van der Waals surface area (Å²) in [7, 11) is 0. The molecule has 0 aromatic heterocycles. The summed E-state index contributed by atoms with van der Waals surface area (Å²) >= 11 is 0. The second-order valence-electron chi connectivity index (χ2n) is 5.80. The molecule has 1 aliphatic heterocycles. The van der Waals surface area contributed by atoms with Crippen LogP contribution in [-0.2, 0) is 11.3 Å². The summed E-state index contributed by atoms with van der Waals surface area (Å²) in [6, 6.07) is 7.03. The molecule has 0 spiro atoms. The Kier molecular flexibility index (Phi) is 5.12. The molecule has 2 amide bonds. The number of amides is 2. The summed E-state index contributed by atoms with van der Waals surface area (Å²) in [5, 5.41) is 12.0. The number of hydrogen-bond acceptors (Lipinski definition) is 3. The van der Waals surface area contributed by atoms with Crippen molar-refractivity contribution < 1.29 is 19.4 Å². The average molecular weight is 316 g/mol. The number of aliphatic carboxylic acids is 1. The lowest BCUT2D eigenvalue weighted by molar-refractivity contribution is -0.147. The van der Waals surface area contributed by atoms with Gasteiger partial charge in [-0.25, -0.2) is 4.79 Å². The van der Waals surface area contributed by atoms with Crippen LogP contribution < -0.4 is 10.1 Å². The number of nitrogens with one attached hydrogen (secondary N) is 1. The van der Waals surface area contributed by atoms with E-state index in [2.05, 4.69) is 11.2 Å². The number of ether oxygens (including phenoxy) is 1. The van der Waals surface area contributed by atoms with Crippen LogP contribution in [-0.4, -0.2) is 41.7 Å². The lowest BCUT2D eigenvalue weighted by Gasteiger charge is -2.21. The van der Waals surface area contributed by atoms with E-state index in [1.54, 1.807) is 13.0 Å². The lowest BCUT2D eigenvalue weighted by Crippen LogP contribution is -2.40. The Labute approximate surface area is 135 Å². The van der Waals surface area contributed by atoms with E-state index in [-0.39, 0.29) is 19.2 Å². The standard InChI is InChI=1S/C17H20N2O4/c1-3-10-23-14-7-5-4-6-13(14)11-18-16(22)19-9-8-17(2,12-19)15(20)21/h1,4-7H,8-12H2,2H3,(H,18,22)(H,20,21). The first-order chi connectivity index (χ1) is 11.0. The summed E-state index contributed by atoms with van der Waals surface area (Å²) < 4.78 is 5.43. The highest BCUT2D eigenvalue weighted by Gasteiger charge is 2.42. The predicted octanol–water partition coefficient (Wildman–Crippen LogP) is 1.70. The van der Waals surface area contributed by atoms with Gasteiger partial charge in [-0.3, -0.25) is 4.79 Å². The van der Waals surface area contributed by atoms with E-state index in [9.17, 15) is 14.7 Å². The fourth-order valence-corrected chi connectivity index (χ4v) is 2.50. The van der Waals surface area contributed by atoms with Gasteiger partial charge in [-0.1, -0.05) is 24.1 Å². The van der Waals surface area contributed by atoms with Crippen LogP contribution in [0.3, 0.4) is 0 Å². The van der Waals surface area contributed by atoms with Crippen LogP contribution in [0.2, 0.25) is 0 Å². The number of carboxylic acid groups (broad SMARTS) is 1. The molecule has 1 saturated heterocycles. The number of terminal acetylenes is 1. The molecule has 0 bridgehead atoms. The zero-order valence-electron chi connectivity index (χ0n) is 13.0. The van der Waals surface area contributed by atoms with Gasteiger partial charge >= 0.3 is 12.0 Å². The van der Waals surface area contributed by atoms with Crippen LogP contribution in [0.25, 0.3) is 0 Å². The number of likely N-dealkylation sites (tertiary alicyclic amines) is 1. The fraction of sp³-hybridized carbons (Fsp3) is 0.412. The molecule has 1 unspecified atom stereocenters. The van der Waals surface area contributed by atoms with E-state index in [1.807, 2.05) is 18.2 Å². The topological polar surface area (TPSA) is 78.9 Å². The van der Waals surface area contributed by atoms with Crippen LogP contribution in [0.5, 0.6) is 5.75 Å².